The van der Waals surface area contributed by atoms with Crippen molar-refractivity contribution >= 4 is 0 Å². The van der Waals surface area contributed by atoms with E-state index in [0.29, 0.717) is 5.41 Å². The van der Waals surface area contributed by atoms with Crippen LogP contribution in [0.25, 0.3) is 0 Å². The summed E-state index contributed by atoms with van der Waals surface area (Å²) >= 11 is 0. The van der Waals surface area contributed by atoms with Gasteiger partial charge in [-0.3, -0.25) is 11.3 Å². The molecule has 0 spiro atoms. The van der Waals surface area contributed by atoms with Gasteiger partial charge >= 0.3 is 0 Å². The van der Waals surface area contributed by atoms with Crippen molar-refractivity contribution in [3.63, 3.8) is 0 Å². The van der Waals surface area contributed by atoms with Crippen LogP contribution in [0, 0.1) is 5.41 Å². The number of rotatable bonds is 4. The molecule has 0 fully saturated rings. The van der Waals surface area contributed by atoms with Crippen molar-refractivity contribution in [3.8, 4) is 0 Å². The van der Waals surface area contributed by atoms with Gasteiger partial charge in [0.1, 0.15) is 6.33 Å². The van der Waals surface area contributed by atoms with E-state index in [-0.39, 0.29) is 6.04 Å². The summed E-state index contributed by atoms with van der Waals surface area (Å²) in [6.07, 6.45) is 7.24. The molecule has 84 valence electrons. The lowest BCUT2D eigenvalue weighted by atomic mass is 9.88. The maximum Gasteiger partial charge on any atom is 0.115 e. The van der Waals surface area contributed by atoms with Crippen LogP contribution in [0.2, 0.25) is 0 Å². The molecule has 0 saturated heterocycles. The monoisotopic (exact) mass is 208 g/mol. The first-order chi connectivity index (χ1) is 7.03. The highest BCUT2D eigenvalue weighted by Gasteiger charge is 2.15. The van der Waals surface area contributed by atoms with Crippen molar-refractivity contribution in [3.05, 3.63) is 24.3 Å². The maximum absolute atomic E-state index is 5.53. The summed E-state index contributed by atoms with van der Waals surface area (Å²) in [7, 11) is 0. The third kappa shape index (κ3) is 4.36. The highest BCUT2D eigenvalue weighted by Crippen LogP contribution is 2.26. The Hall–Kier alpha value is -1.00. The minimum absolute atomic E-state index is 0.144. The zero-order valence-electron chi connectivity index (χ0n) is 9.70. The highest BCUT2D eigenvalue weighted by molar-refractivity contribution is 5.08. The van der Waals surface area contributed by atoms with Gasteiger partial charge in [0.05, 0.1) is 0 Å². The van der Waals surface area contributed by atoms with Gasteiger partial charge in [0, 0.05) is 24.0 Å². The standard InChI is InChI=1S/C11H20N4/c1-11(2,3)5-4-10(15-12)9-6-13-8-14-7-9/h6-8,10,15H,4-5,12H2,1-3H3. The molecule has 0 bridgehead atoms. The largest absolute Gasteiger partial charge is 0.271 e. The number of nitrogens with one attached hydrogen (secondary N) is 1. The smallest absolute Gasteiger partial charge is 0.115 e. The van der Waals surface area contributed by atoms with Gasteiger partial charge in [0.15, 0.2) is 0 Å². The SMILES string of the molecule is CC(C)(C)CCC(NN)c1cncnc1. The van der Waals surface area contributed by atoms with Crippen LogP contribution < -0.4 is 11.3 Å². The van der Waals surface area contributed by atoms with Gasteiger partial charge in [0.25, 0.3) is 0 Å². The van der Waals surface area contributed by atoms with E-state index in [1.54, 1.807) is 12.4 Å². The molecule has 1 aromatic heterocycles. The Morgan fingerprint density at radius 3 is 2.40 bits per heavy atom. The van der Waals surface area contributed by atoms with Crippen LogP contribution in [-0.4, -0.2) is 9.97 Å². The Balaban J connectivity index is 2.58. The van der Waals surface area contributed by atoms with Gasteiger partial charge in [-0.05, 0) is 18.3 Å². The topological polar surface area (TPSA) is 63.8 Å². The summed E-state index contributed by atoms with van der Waals surface area (Å²) in [6, 6.07) is 0.144. The molecule has 1 heterocycles. The molecule has 1 atom stereocenters. The molecule has 15 heavy (non-hydrogen) atoms. The molecule has 1 aromatic rings. The van der Waals surface area contributed by atoms with E-state index in [9.17, 15) is 0 Å². The minimum Gasteiger partial charge on any atom is -0.271 e. The number of nitrogens with two attached hydrogens (primary N) is 1. The molecule has 0 aliphatic rings. The van der Waals surface area contributed by atoms with Crippen molar-refractivity contribution in [2.75, 3.05) is 0 Å². The quantitative estimate of drug-likeness (QED) is 0.585. The van der Waals surface area contributed by atoms with Crippen molar-refractivity contribution in [2.24, 2.45) is 11.3 Å². The molecule has 4 heteroatoms. The maximum atomic E-state index is 5.53. The first kappa shape index (κ1) is 12.1. The van der Waals surface area contributed by atoms with E-state index in [0.717, 1.165) is 18.4 Å². The second-order valence-electron chi connectivity index (χ2n) is 4.99. The van der Waals surface area contributed by atoms with Crippen molar-refractivity contribution in [1.29, 1.82) is 0 Å². The van der Waals surface area contributed by atoms with Crippen LogP contribution >= 0.6 is 0 Å². The lowest BCUT2D eigenvalue weighted by molar-refractivity contribution is 0.333. The summed E-state index contributed by atoms with van der Waals surface area (Å²) in [6.45, 7) is 6.67. The highest BCUT2D eigenvalue weighted by atomic mass is 15.2. The molecule has 0 saturated carbocycles. The fraction of sp³-hybridized carbons (Fsp3) is 0.636. The average Bonchev–Trinajstić information content (AvgIpc) is 2.19. The first-order valence-electron chi connectivity index (χ1n) is 5.24. The van der Waals surface area contributed by atoms with E-state index in [1.807, 2.05) is 0 Å². The van der Waals surface area contributed by atoms with Gasteiger partial charge in [-0.1, -0.05) is 20.8 Å². The molecule has 4 nitrogen and oxygen atoms in total. The summed E-state index contributed by atoms with van der Waals surface area (Å²) in [4.78, 5) is 7.98. The first-order valence-corrected chi connectivity index (χ1v) is 5.24. The lowest BCUT2D eigenvalue weighted by Crippen LogP contribution is -2.29. The third-order valence-corrected chi connectivity index (χ3v) is 2.37. The van der Waals surface area contributed by atoms with Crippen molar-refractivity contribution in [2.45, 2.75) is 39.7 Å². The fourth-order valence-electron chi connectivity index (χ4n) is 1.41. The summed E-state index contributed by atoms with van der Waals surface area (Å²) < 4.78 is 0. The summed E-state index contributed by atoms with van der Waals surface area (Å²) in [5.74, 6) is 5.53. The van der Waals surface area contributed by atoms with Gasteiger partial charge in [-0.2, -0.15) is 0 Å². The molecule has 1 unspecified atom stereocenters. The van der Waals surface area contributed by atoms with Crippen LogP contribution in [0.15, 0.2) is 18.7 Å². The number of nitrogens with zero attached hydrogens (tertiary/aromatic N) is 2. The molecular weight excluding hydrogens is 188 g/mol. The number of aromatic nitrogens is 2. The zero-order chi connectivity index (χ0) is 11.3. The summed E-state index contributed by atoms with van der Waals surface area (Å²) in [5.41, 5.74) is 4.18. The average molecular weight is 208 g/mol. The van der Waals surface area contributed by atoms with Gasteiger partial charge in [-0.25, -0.2) is 9.97 Å². The van der Waals surface area contributed by atoms with Crippen LogP contribution in [0.1, 0.15) is 45.2 Å². The van der Waals surface area contributed by atoms with E-state index < -0.39 is 0 Å². The minimum atomic E-state index is 0.144. The predicted octanol–water partition coefficient (Wildman–Crippen LogP) is 1.81. The number of hydrogen-bond donors (Lipinski definition) is 2. The molecule has 0 radical (unpaired) electrons. The fourth-order valence-corrected chi connectivity index (χ4v) is 1.41. The van der Waals surface area contributed by atoms with Crippen LogP contribution in [-0.2, 0) is 0 Å². The third-order valence-electron chi connectivity index (χ3n) is 2.37. The van der Waals surface area contributed by atoms with E-state index >= 15 is 0 Å². The Morgan fingerprint density at radius 1 is 1.33 bits per heavy atom. The number of hydrogen-bond acceptors (Lipinski definition) is 4. The zero-order valence-corrected chi connectivity index (χ0v) is 9.70. The molecule has 0 aliphatic heterocycles. The second kappa shape index (κ2) is 5.19. The Kier molecular flexibility index (Phi) is 4.17. The molecule has 0 aliphatic carbocycles. The van der Waals surface area contributed by atoms with E-state index in [2.05, 4.69) is 36.2 Å². The predicted molar refractivity (Wildman–Crippen MR) is 60.8 cm³/mol. The molecular formula is C11H20N4. The lowest BCUT2D eigenvalue weighted by Gasteiger charge is -2.22. The van der Waals surface area contributed by atoms with E-state index in [1.165, 1.54) is 6.33 Å². The Bertz CT molecular complexity index is 278. The van der Waals surface area contributed by atoms with Crippen LogP contribution in [0.4, 0.5) is 0 Å². The van der Waals surface area contributed by atoms with E-state index in [4.69, 9.17) is 5.84 Å². The van der Waals surface area contributed by atoms with Gasteiger partial charge in [-0.15, -0.1) is 0 Å². The van der Waals surface area contributed by atoms with Gasteiger partial charge in [0.2, 0.25) is 0 Å². The number of hydrazine groups is 1. The second-order valence-corrected chi connectivity index (χ2v) is 4.99. The van der Waals surface area contributed by atoms with Crippen LogP contribution in [0.3, 0.4) is 0 Å². The van der Waals surface area contributed by atoms with Crippen LogP contribution in [0.5, 0.6) is 0 Å². The Labute approximate surface area is 91.3 Å². The molecule has 0 amide bonds. The van der Waals surface area contributed by atoms with Crippen molar-refractivity contribution in [1.82, 2.24) is 15.4 Å². The Morgan fingerprint density at radius 2 is 1.93 bits per heavy atom. The normalized spacial score (nSPS) is 13.9. The molecule has 1 rings (SSSR count). The molecule has 0 aromatic carbocycles. The van der Waals surface area contributed by atoms with Crippen molar-refractivity contribution < 1.29 is 0 Å². The van der Waals surface area contributed by atoms with Gasteiger partial charge < -0.3 is 0 Å². The molecule has 3 N–H and O–H groups in total. The summed E-state index contributed by atoms with van der Waals surface area (Å²) in [5, 5.41) is 0.